The normalized spacial score (nSPS) is 28.9. The number of aryl methyl sites for hydroxylation is 1. The zero-order valence-electron chi connectivity index (χ0n) is 15.4. The lowest BCUT2D eigenvalue weighted by atomic mass is 10.1. The van der Waals surface area contributed by atoms with Gasteiger partial charge in [-0.15, -0.1) is 11.3 Å². The molecule has 0 aromatic carbocycles. The zero-order valence-corrected chi connectivity index (χ0v) is 17.8. The Morgan fingerprint density at radius 3 is 2.86 bits per heavy atom. The molecule has 0 amide bonds. The number of rotatable bonds is 4. The highest BCUT2D eigenvalue weighted by Crippen LogP contribution is 2.45. The molecule has 4 atom stereocenters. The SMILES string of the molecule is Cc1csc(SC[C@H]2OC(n3cnc4c(Cl)ncnc43)[C@@H]3OC(C)(C)OC32)n1. The molecule has 0 spiro atoms. The van der Waals surface area contributed by atoms with E-state index < -0.39 is 12.0 Å². The van der Waals surface area contributed by atoms with E-state index in [1.165, 1.54) is 6.33 Å². The second-order valence-corrected chi connectivity index (χ2v) is 9.67. The predicted octanol–water partition coefficient (Wildman–Crippen LogP) is 3.45. The summed E-state index contributed by atoms with van der Waals surface area (Å²) in [6, 6.07) is 0. The van der Waals surface area contributed by atoms with E-state index in [0.29, 0.717) is 22.1 Å². The molecule has 2 unspecified atom stereocenters. The fourth-order valence-corrected chi connectivity index (χ4v) is 5.68. The molecule has 0 N–H and O–H groups in total. The summed E-state index contributed by atoms with van der Waals surface area (Å²) >= 11 is 9.45. The van der Waals surface area contributed by atoms with Crippen LogP contribution in [0.15, 0.2) is 22.4 Å². The Labute approximate surface area is 174 Å². The highest BCUT2D eigenvalue weighted by molar-refractivity contribution is 8.01. The van der Waals surface area contributed by atoms with Crippen LogP contribution in [0.1, 0.15) is 25.8 Å². The van der Waals surface area contributed by atoms with Crippen LogP contribution in [0.5, 0.6) is 0 Å². The van der Waals surface area contributed by atoms with E-state index in [1.54, 1.807) is 29.4 Å². The van der Waals surface area contributed by atoms with Crippen LogP contribution < -0.4 is 0 Å². The third kappa shape index (κ3) is 3.21. The first kappa shape index (κ1) is 18.7. The number of nitrogens with zero attached hydrogens (tertiary/aromatic N) is 5. The Hall–Kier alpha value is -1.30. The number of imidazole rings is 1. The first-order valence-corrected chi connectivity index (χ1v) is 11.0. The average Bonchev–Trinajstić information content (AvgIpc) is 3.37. The lowest BCUT2D eigenvalue weighted by Gasteiger charge is -2.24. The van der Waals surface area contributed by atoms with Gasteiger partial charge in [-0.1, -0.05) is 23.4 Å². The summed E-state index contributed by atoms with van der Waals surface area (Å²) in [5.41, 5.74) is 2.18. The van der Waals surface area contributed by atoms with Crippen LogP contribution in [0.2, 0.25) is 5.15 Å². The van der Waals surface area contributed by atoms with Gasteiger partial charge >= 0.3 is 0 Å². The van der Waals surface area contributed by atoms with Crippen LogP contribution in [0.4, 0.5) is 0 Å². The number of thiazole rings is 1. The molecule has 5 heterocycles. The fourth-order valence-electron chi connectivity index (χ4n) is 3.58. The Kier molecular flexibility index (Phi) is 4.61. The smallest absolute Gasteiger partial charge is 0.167 e. The van der Waals surface area contributed by atoms with E-state index in [-0.39, 0.29) is 18.3 Å². The van der Waals surface area contributed by atoms with Crippen LogP contribution in [-0.4, -0.2) is 54.4 Å². The summed E-state index contributed by atoms with van der Waals surface area (Å²) in [6.45, 7) is 5.83. The molecule has 0 radical (unpaired) electrons. The summed E-state index contributed by atoms with van der Waals surface area (Å²) in [5.74, 6) is 0.0352. The second-order valence-electron chi connectivity index (χ2n) is 7.18. The van der Waals surface area contributed by atoms with Gasteiger partial charge in [-0.25, -0.2) is 19.9 Å². The molecule has 3 aromatic heterocycles. The molecular weight excluding hydrogens is 422 g/mol. The minimum Gasteiger partial charge on any atom is -0.348 e. The quantitative estimate of drug-likeness (QED) is 0.451. The Bertz CT molecular complexity index is 1030. The van der Waals surface area contributed by atoms with Gasteiger partial charge in [-0.3, -0.25) is 4.57 Å². The van der Waals surface area contributed by atoms with Crippen LogP contribution in [0.3, 0.4) is 0 Å². The van der Waals surface area contributed by atoms with Crippen LogP contribution >= 0.6 is 34.7 Å². The summed E-state index contributed by atoms with van der Waals surface area (Å²) < 4.78 is 21.6. The molecule has 3 aromatic rings. The van der Waals surface area contributed by atoms with Gasteiger partial charge in [0.15, 0.2) is 22.8 Å². The average molecular weight is 440 g/mol. The molecular formula is C17H18ClN5O3S2. The first-order chi connectivity index (χ1) is 13.4. The summed E-state index contributed by atoms with van der Waals surface area (Å²) in [6.07, 6.45) is 2.06. The maximum Gasteiger partial charge on any atom is 0.167 e. The molecule has 11 heteroatoms. The van der Waals surface area contributed by atoms with Gasteiger partial charge in [0.1, 0.15) is 28.4 Å². The van der Waals surface area contributed by atoms with Gasteiger partial charge in [0.05, 0.1) is 12.4 Å². The van der Waals surface area contributed by atoms with Gasteiger partial charge in [0, 0.05) is 16.8 Å². The monoisotopic (exact) mass is 439 g/mol. The number of aromatic nitrogens is 5. The zero-order chi connectivity index (χ0) is 19.5. The van der Waals surface area contributed by atoms with Crippen molar-refractivity contribution in [2.75, 3.05) is 5.75 Å². The topological polar surface area (TPSA) is 84.2 Å². The number of ether oxygens (including phenoxy) is 3. The van der Waals surface area contributed by atoms with E-state index in [4.69, 9.17) is 25.8 Å². The lowest BCUT2D eigenvalue weighted by molar-refractivity contribution is -0.193. The van der Waals surface area contributed by atoms with E-state index in [1.807, 2.05) is 30.7 Å². The molecule has 0 saturated carbocycles. The molecule has 2 fully saturated rings. The van der Waals surface area contributed by atoms with Crippen molar-refractivity contribution in [2.24, 2.45) is 0 Å². The largest absolute Gasteiger partial charge is 0.348 e. The molecule has 148 valence electrons. The number of hydrogen-bond donors (Lipinski definition) is 0. The van der Waals surface area contributed by atoms with Gasteiger partial charge in [0.2, 0.25) is 0 Å². The van der Waals surface area contributed by atoms with Crippen molar-refractivity contribution < 1.29 is 14.2 Å². The highest BCUT2D eigenvalue weighted by Gasteiger charge is 2.56. The minimum absolute atomic E-state index is 0.152. The molecule has 8 nitrogen and oxygen atoms in total. The van der Waals surface area contributed by atoms with Crippen molar-refractivity contribution in [1.82, 2.24) is 24.5 Å². The van der Waals surface area contributed by atoms with Crippen molar-refractivity contribution in [2.45, 2.75) is 55.4 Å². The molecule has 2 saturated heterocycles. The molecule has 2 aliphatic heterocycles. The van der Waals surface area contributed by atoms with Crippen molar-refractivity contribution in [1.29, 1.82) is 0 Å². The Balaban J connectivity index is 1.44. The second kappa shape index (κ2) is 6.89. The van der Waals surface area contributed by atoms with Gasteiger partial charge in [-0.05, 0) is 20.8 Å². The standard InChI is InChI=1S/C17H18ClN5O3S2/c1-8-4-27-16(22-8)28-5-9-11-12(26-17(2,3)25-11)15(24-9)23-7-21-10-13(18)19-6-20-14(10)23/h4,6-7,9,11-12,15H,5H2,1-3H3/t9-,11?,12-,15?/m1/s1. The molecule has 2 aliphatic rings. The minimum atomic E-state index is -0.679. The fraction of sp³-hybridized carbons (Fsp3) is 0.529. The summed E-state index contributed by atoms with van der Waals surface area (Å²) in [5, 5.41) is 2.36. The van der Waals surface area contributed by atoms with Crippen LogP contribution in [0.25, 0.3) is 11.2 Å². The maximum absolute atomic E-state index is 6.37. The third-order valence-electron chi connectivity index (χ3n) is 4.68. The molecule has 0 aliphatic carbocycles. The van der Waals surface area contributed by atoms with Crippen molar-refractivity contribution in [3.63, 3.8) is 0 Å². The highest BCUT2D eigenvalue weighted by atomic mass is 35.5. The van der Waals surface area contributed by atoms with E-state index in [2.05, 4.69) is 19.9 Å². The van der Waals surface area contributed by atoms with E-state index in [9.17, 15) is 0 Å². The molecule has 5 rings (SSSR count). The number of hydrogen-bond acceptors (Lipinski definition) is 9. The van der Waals surface area contributed by atoms with Gasteiger partial charge in [0.25, 0.3) is 0 Å². The predicted molar refractivity (Wildman–Crippen MR) is 106 cm³/mol. The van der Waals surface area contributed by atoms with Crippen LogP contribution in [0, 0.1) is 6.92 Å². The van der Waals surface area contributed by atoms with Gasteiger partial charge < -0.3 is 14.2 Å². The van der Waals surface area contributed by atoms with Gasteiger partial charge in [-0.2, -0.15) is 0 Å². The number of fused-ring (bicyclic) bond motifs is 2. The Morgan fingerprint density at radius 1 is 1.25 bits per heavy atom. The molecule has 0 bridgehead atoms. The van der Waals surface area contributed by atoms with Crippen molar-refractivity contribution in [3.8, 4) is 0 Å². The van der Waals surface area contributed by atoms with E-state index in [0.717, 1.165) is 10.0 Å². The Morgan fingerprint density at radius 2 is 2.07 bits per heavy atom. The summed E-state index contributed by atoms with van der Waals surface area (Å²) in [4.78, 5) is 17.2. The molecule has 28 heavy (non-hydrogen) atoms. The maximum atomic E-state index is 6.37. The van der Waals surface area contributed by atoms with Crippen LogP contribution in [-0.2, 0) is 14.2 Å². The van der Waals surface area contributed by atoms with Crippen molar-refractivity contribution in [3.05, 3.63) is 28.9 Å². The third-order valence-corrected chi connectivity index (χ3v) is 7.19. The number of halogens is 1. The van der Waals surface area contributed by atoms with E-state index >= 15 is 0 Å². The number of thioether (sulfide) groups is 1. The van der Waals surface area contributed by atoms with Crippen molar-refractivity contribution >= 4 is 45.9 Å². The lowest BCUT2D eigenvalue weighted by Crippen LogP contribution is -2.31. The first-order valence-electron chi connectivity index (χ1n) is 8.80. The summed E-state index contributed by atoms with van der Waals surface area (Å²) in [7, 11) is 0.